The van der Waals surface area contributed by atoms with Gasteiger partial charge in [-0.15, -0.1) is 0 Å². The van der Waals surface area contributed by atoms with Crippen LogP contribution in [0, 0.1) is 5.41 Å². The number of aliphatic hydroxyl groups excluding tert-OH is 1. The quantitative estimate of drug-likeness (QED) is 0.133. The summed E-state index contributed by atoms with van der Waals surface area (Å²) in [5, 5.41) is 14.3. The molecule has 13 heteroatoms. The maximum atomic E-state index is 13.8. The molecule has 2 saturated heterocycles. The maximum absolute atomic E-state index is 13.8. The van der Waals surface area contributed by atoms with E-state index in [0.29, 0.717) is 16.7 Å². The first-order chi connectivity index (χ1) is 26.0. The smallest absolute Gasteiger partial charge is 0.348 e. The summed E-state index contributed by atoms with van der Waals surface area (Å²) in [6.45, 7) is 3.63. The van der Waals surface area contributed by atoms with Crippen molar-refractivity contribution in [1.82, 2.24) is 10.6 Å². The van der Waals surface area contributed by atoms with E-state index in [4.69, 9.17) is 28.8 Å². The van der Waals surface area contributed by atoms with Gasteiger partial charge in [-0.1, -0.05) is 86.6 Å². The van der Waals surface area contributed by atoms with Gasteiger partial charge in [0, 0.05) is 54.1 Å². The molecule has 3 N–H and O–H groups in total. The number of carbonyl (C=O) groups excluding carboxylic acids is 5. The van der Waals surface area contributed by atoms with Crippen LogP contribution >= 0.6 is 0 Å². The number of fused-ring (bicyclic) bond motifs is 1. The molecule has 6 rings (SSSR count). The Bertz CT molecular complexity index is 1890. The second kappa shape index (κ2) is 16.6. The van der Waals surface area contributed by atoms with E-state index in [2.05, 4.69) is 10.6 Å². The molecule has 3 aromatic carbocycles. The number of aliphatic hydroxyl groups is 1. The van der Waals surface area contributed by atoms with Crippen LogP contribution in [0.15, 0.2) is 103 Å². The summed E-state index contributed by atoms with van der Waals surface area (Å²) in [7, 11) is 0. The van der Waals surface area contributed by atoms with Crippen molar-refractivity contribution in [3.8, 4) is 0 Å². The lowest BCUT2D eigenvalue weighted by Gasteiger charge is -2.31. The lowest BCUT2D eigenvalue weighted by atomic mass is 9.90. The molecule has 0 radical (unpaired) electrons. The Hall–Kier alpha value is -5.63. The fraction of sp³-hybridized carbons (Fsp3) is 0.341. The van der Waals surface area contributed by atoms with E-state index < -0.39 is 59.4 Å². The van der Waals surface area contributed by atoms with Crippen molar-refractivity contribution in [2.24, 2.45) is 5.41 Å². The summed E-state index contributed by atoms with van der Waals surface area (Å²) in [6.07, 6.45) is 0.649. The van der Waals surface area contributed by atoms with Gasteiger partial charge in [0.1, 0.15) is 24.9 Å². The lowest BCUT2D eigenvalue weighted by molar-refractivity contribution is -0.159. The van der Waals surface area contributed by atoms with Crippen molar-refractivity contribution >= 4 is 35.8 Å². The number of benzene rings is 3. The highest BCUT2D eigenvalue weighted by atomic mass is 16.8. The van der Waals surface area contributed by atoms with E-state index in [1.165, 1.54) is 18.2 Å². The van der Waals surface area contributed by atoms with Gasteiger partial charge in [0.2, 0.25) is 23.7 Å². The van der Waals surface area contributed by atoms with E-state index in [0.717, 1.165) is 0 Å². The Morgan fingerprint density at radius 3 is 2.24 bits per heavy atom. The summed E-state index contributed by atoms with van der Waals surface area (Å²) < 4.78 is 30.0. The average molecular weight is 739 g/mol. The van der Waals surface area contributed by atoms with Gasteiger partial charge >= 0.3 is 17.9 Å². The fourth-order valence-corrected chi connectivity index (χ4v) is 6.51. The third kappa shape index (κ3) is 8.60. The zero-order valence-corrected chi connectivity index (χ0v) is 29.9. The minimum atomic E-state index is -1.39. The summed E-state index contributed by atoms with van der Waals surface area (Å²) in [5.41, 5.74) is 1.70. The molecule has 282 valence electrons. The van der Waals surface area contributed by atoms with Crippen LogP contribution in [0.3, 0.4) is 0 Å². The van der Waals surface area contributed by atoms with Crippen LogP contribution in [0.4, 0.5) is 0 Å². The average Bonchev–Trinajstić information content (AvgIpc) is 3.70. The molecule has 3 aliphatic rings. The van der Waals surface area contributed by atoms with Crippen LogP contribution in [0.2, 0.25) is 0 Å². The first-order valence-corrected chi connectivity index (χ1v) is 17.7. The maximum Gasteiger partial charge on any atom is 0.348 e. The van der Waals surface area contributed by atoms with Crippen molar-refractivity contribution in [2.75, 3.05) is 26.3 Å². The van der Waals surface area contributed by atoms with Crippen molar-refractivity contribution < 1.29 is 52.8 Å². The zero-order chi connectivity index (χ0) is 38.3. The fourth-order valence-electron chi connectivity index (χ4n) is 6.51. The van der Waals surface area contributed by atoms with Crippen LogP contribution < -0.4 is 10.6 Å². The summed E-state index contributed by atoms with van der Waals surface area (Å²) in [5.74, 6) is -4.22. The molecular formula is C41H42N2O11. The predicted molar refractivity (Wildman–Crippen MR) is 193 cm³/mol. The molecular weight excluding hydrogens is 696 g/mol. The number of ether oxygens (including phenoxy) is 5. The molecule has 0 bridgehead atoms. The predicted octanol–water partition coefficient (Wildman–Crippen LogP) is 3.35. The minimum absolute atomic E-state index is 0.00183. The van der Waals surface area contributed by atoms with E-state index >= 15 is 0 Å². The van der Waals surface area contributed by atoms with Gasteiger partial charge in [-0.2, -0.15) is 0 Å². The Morgan fingerprint density at radius 2 is 1.59 bits per heavy atom. The number of hydrogen-bond donors (Lipinski definition) is 3. The largest absolute Gasteiger partial charge is 0.462 e. The van der Waals surface area contributed by atoms with Gasteiger partial charge in [-0.05, 0) is 29.8 Å². The SMILES string of the molecule is CC1(C)COC(=O)C1OC(=O)C=Cc1cccc(C(=O)OC2CC(C(=O)NCCC(=O)NCCO)=CC3OC(c4ccccc4)(c4ccccc4)OC32)c1. The number of hydrogen-bond acceptors (Lipinski definition) is 11. The van der Waals surface area contributed by atoms with Crippen LogP contribution in [-0.2, 0) is 48.6 Å². The van der Waals surface area contributed by atoms with Crippen LogP contribution in [0.1, 0.15) is 53.7 Å². The molecule has 4 atom stereocenters. The Balaban J connectivity index is 1.22. The molecule has 2 amide bonds. The molecule has 1 aliphatic carbocycles. The van der Waals surface area contributed by atoms with Gasteiger partial charge < -0.3 is 39.4 Å². The highest BCUT2D eigenvalue weighted by molar-refractivity contribution is 5.95. The molecule has 2 aliphatic heterocycles. The summed E-state index contributed by atoms with van der Waals surface area (Å²) >= 11 is 0. The first-order valence-electron chi connectivity index (χ1n) is 17.7. The normalized spacial score (nSPS) is 22.4. The van der Waals surface area contributed by atoms with E-state index in [1.807, 2.05) is 60.7 Å². The number of carbonyl (C=O) groups is 5. The molecule has 2 heterocycles. The summed E-state index contributed by atoms with van der Waals surface area (Å²) in [4.78, 5) is 63.9. The van der Waals surface area contributed by atoms with Gasteiger partial charge in [0.05, 0.1) is 12.2 Å². The van der Waals surface area contributed by atoms with E-state index in [1.54, 1.807) is 38.1 Å². The number of rotatable bonds is 13. The third-order valence-corrected chi connectivity index (χ3v) is 9.29. The van der Waals surface area contributed by atoms with E-state index in [9.17, 15) is 24.0 Å². The molecule has 54 heavy (non-hydrogen) atoms. The monoisotopic (exact) mass is 738 g/mol. The van der Waals surface area contributed by atoms with Crippen LogP contribution in [-0.4, -0.2) is 85.5 Å². The highest BCUT2D eigenvalue weighted by Gasteiger charge is 2.55. The van der Waals surface area contributed by atoms with Crippen molar-refractivity contribution in [1.29, 1.82) is 0 Å². The van der Waals surface area contributed by atoms with Crippen molar-refractivity contribution in [2.45, 2.75) is 56.9 Å². The number of cyclic esters (lactones) is 1. The number of esters is 3. The molecule has 0 saturated carbocycles. The second-order valence-electron chi connectivity index (χ2n) is 13.8. The standard InChI is InChI=1S/C41H42N2O11/c1-40(2)25-50-39(49)36(40)52-34(46)17-16-26-10-9-11-27(22-26)38(48)51-31-23-28(37(47)43-19-18-33(45)42-20-21-44)24-32-35(31)54-41(53-32,29-12-5-3-6-13-29)30-14-7-4-8-15-30/h3-17,22,24,31-32,35-36,44H,18-21,23,25H2,1-2H3,(H,42,45)(H,43,47). The molecule has 4 unspecified atom stereocenters. The van der Waals surface area contributed by atoms with E-state index in [-0.39, 0.29) is 56.2 Å². The second-order valence-corrected chi connectivity index (χ2v) is 13.8. The molecule has 0 spiro atoms. The first kappa shape index (κ1) is 38.1. The zero-order valence-electron chi connectivity index (χ0n) is 29.9. The molecule has 0 aromatic heterocycles. The topological polar surface area (TPSA) is 176 Å². The highest BCUT2D eigenvalue weighted by Crippen LogP contribution is 2.47. The number of nitrogens with one attached hydrogen (secondary N) is 2. The molecule has 13 nitrogen and oxygen atoms in total. The van der Waals surface area contributed by atoms with Gasteiger partial charge in [-0.3, -0.25) is 9.59 Å². The molecule has 2 fully saturated rings. The van der Waals surface area contributed by atoms with Gasteiger partial charge in [-0.25, -0.2) is 14.4 Å². The minimum Gasteiger partial charge on any atom is -0.462 e. The third-order valence-electron chi connectivity index (χ3n) is 9.29. The van der Waals surface area contributed by atoms with Gasteiger partial charge in [0.25, 0.3) is 0 Å². The lowest BCUT2D eigenvalue weighted by Crippen LogP contribution is -2.44. The molecule has 3 aromatic rings. The van der Waals surface area contributed by atoms with Crippen molar-refractivity contribution in [3.05, 3.63) is 125 Å². The Kier molecular flexibility index (Phi) is 11.7. The summed E-state index contributed by atoms with van der Waals surface area (Å²) in [6, 6.07) is 25.1. The van der Waals surface area contributed by atoms with Crippen LogP contribution in [0.5, 0.6) is 0 Å². The van der Waals surface area contributed by atoms with Crippen molar-refractivity contribution in [3.63, 3.8) is 0 Å². The Morgan fingerprint density at radius 1 is 0.889 bits per heavy atom. The van der Waals surface area contributed by atoms with Crippen LogP contribution in [0.25, 0.3) is 6.08 Å². The Labute approximate surface area is 312 Å². The van der Waals surface area contributed by atoms with Gasteiger partial charge in [0.15, 0.2) is 0 Å². The number of amides is 2.